The predicted octanol–water partition coefficient (Wildman–Crippen LogP) is 6.45. The molecule has 2 aromatic carbocycles. The molecule has 3 heterocycles. The van der Waals surface area contributed by atoms with Gasteiger partial charge >= 0.3 is 6.18 Å². The van der Waals surface area contributed by atoms with E-state index in [1.54, 1.807) is 6.92 Å². The molecule has 2 atom stereocenters. The molecule has 2 N–H and O–H groups in total. The van der Waals surface area contributed by atoms with Crippen LogP contribution in [0.4, 0.5) is 22.0 Å². The normalized spacial score (nSPS) is 15.9. The molecular formula is C28H22F5N3OS. The molecule has 5 rings (SSSR count). The van der Waals surface area contributed by atoms with Crippen LogP contribution in [0.1, 0.15) is 39.9 Å². The highest BCUT2D eigenvalue weighted by atomic mass is 32.2. The Hall–Kier alpha value is -3.50. The van der Waals surface area contributed by atoms with Crippen LogP contribution in [-0.2, 0) is 12.6 Å². The van der Waals surface area contributed by atoms with Crippen molar-refractivity contribution in [1.82, 2.24) is 9.55 Å². The van der Waals surface area contributed by atoms with Gasteiger partial charge in [0.15, 0.2) is 0 Å². The number of hydrogen-bond donors (Lipinski definition) is 1. The molecule has 1 aliphatic heterocycles. The summed E-state index contributed by atoms with van der Waals surface area (Å²) in [5.74, 6) is -1.55. The first-order valence-electron chi connectivity index (χ1n) is 11.8. The number of benzene rings is 2. The van der Waals surface area contributed by atoms with E-state index in [0.717, 1.165) is 23.8 Å². The summed E-state index contributed by atoms with van der Waals surface area (Å²) in [4.78, 5) is 17.6. The summed E-state index contributed by atoms with van der Waals surface area (Å²) in [6, 6.07) is 13.6. The minimum atomic E-state index is -4.79. The number of nitrogens with two attached hydrogens (primary N) is 1. The lowest BCUT2D eigenvalue weighted by molar-refractivity contribution is -0.138. The van der Waals surface area contributed by atoms with E-state index in [2.05, 4.69) is 4.98 Å². The number of nitrogens with zero attached hydrogens (tertiary/aromatic N) is 2. The molecule has 1 aliphatic rings. The Bertz CT molecular complexity index is 1570. The van der Waals surface area contributed by atoms with E-state index < -0.39 is 53.1 Å². The lowest BCUT2D eigenvalue weighted by Crippen LogP contribution is -2.33. The Morgan fingerprint density at radius 1 is 1.05 bits per heavy atom. The lowest BCUT2D eigenvalue weighted by Gasteiger charge is -2.25. The van der Waals surface area contributed by atoms with Gasteiger partial charge in [-0.25, -0.2) is 9.37 Å². The molecule has 0 amide bonds. The number of thioether (sulfide) groups is 1. The fourth-order valence-electron chi connectivity index (χ4n) is 4.97. The van der Waals surface area contributed by atoms with Crippen molar-refractivity contribution in [1.29, 1.82) is 0 Å². The van der Waals surface area contributed by atoms with Crippen LogP contribution >= 0.6 is 11.8 Å². The molecule has 4 aromatic rings. The van der Waals surface area contributed by atoms with Crippen LogP contribution in [0.2, 0.25) is 0 Å². The van der Waals surface area contributed by atoms with Crippen LogP contribution in [-0.4, -0.2) is 15.3 Å². The molecule has 0 spiro atoms. The van der Waals surface area contributed by atoms with Crippen molar-refractivity contribution >= 4 is 11.8 Å². The van der Waals surface area contributed by atoms with Gasteiger partial charge in [-0.05, 0) is 47.9 Å². The molecule has 1 unspecified atom stereocenters. The first-order valence-corrected chi connectivity index (χ1v) is 12.7. The number of aromatic nitrogens is 2. The topological polar surface area (TPSA) is 60.9 Å². The third kappa shape index (κ3) is 4.52. The molecular weight excluding hydrogens is 521 g/mol. The van der Waals surface area contributed by atoms with Crippen molar-refractivity contribution in [3.05, 3.63) is 117 Å². The highest BCUT2D eigenvalue weighted by molar-refractivity contribution is 7.99. The van der Waals surface area contributed by atoms with Crippen molar-refractivity contribution in [2.45, 2.75) is 36.6 Å². The zero-order chi connectivity index (χ0) is 27.2. The first-order chi connectivity index (χ1) is 18.1. The van der Waals surface area contributed by atoms with Crippen LogP contribution in [0.15, 0.2) is 76.7 Å². The van der Waals surface area contributed by atoms with Crippen molar-refractivity contribution < 1.29 is 22.0 Å². The molecule has 10 heteroatoms. The summed E-state index contributed by atoms with van der Waals surface area (Å²) >= 11 is 1.27. The minimum Gasteiger partial charge on any atom is -0.322 e. The van der Waals surface area contributed by atoms with Gasteiger partial charge in [-0.3, -0.25) is 9.36 Å². The minimum absolute atomic E-state index is 0.0352. The van der Waals surface area contributed by atoms with E-state index in [-0.39, 0.29) is 16.7 Å². The van der Waals surface area contributed by atoms with Gasteiger partial charge in [-0.2, -0.15) is 17.6 Å². The fourth-order valence-corrected chi connectivity index (χ4v) is 6.41. The zero-order valence-electron chi connectivity index (χ0n) is 20.1. The van der Waals surface area contributed by atoms with E-state index in [1.165, 1.54) is 34.7 Å². The number of hydrogen-bond acceptors (Lipinski definition) is 4. The monoisotopic (exact) mass is 543 g/mol. The van der Waals surface area contributed by atoms with Crippen molar-refractivity contribution in [2.75, 3.05) is 5.75 Å². The maximum Gasteiger partial charge on any atom is 0.416 e. The number of fused-ring (bicyclic) bond motifs is 1. The molecule has 0 saturated heterocycles. The maximum absolute atomic E-state index is 14.9. The van der Waals surface area contributed by atoms with Crippen molar-refractivity contribution in [3.8, 4) is 11.1 Å². The summed E-state index contributed by atoms with van der Waals surface area (Å²) in [5, 5.41) is 0.397. The van der Waals surface area contributed by atoms with Crippen LogP contribution in [0.25, 0.3) is 11.1 Å². The summed E-state index contributed by atoms with van der Waals surface area (Å²) < 4.78 is 72.6. The van der Waals surface area contributed by atoms with Crippen LogP contribution in [0, 0.1) is 18.7 Å². The lowest BCUT2D eigenvalue weighted by atomic mass is 9.92. The van der Waals surface area contributed by atoms with Gasteiger partial charge in [0.05, 0.1) is 28.2 Å². The van der Waals surface area contributed by atoms with Crippen LogP contribution < -0.4 is 11.3 Å². The smallest absolute Gasteiger partial charge is 0.322 e. The number of rotatable bonds is 5. The summed E-state index contributed by atoms with van der Waals surface area (Å²) in [7, 11) is 0. The van der Waals surface area contributed by atoms with Crippen LogP contribution in [0.5, 0.6) is 0 Å². The molecule has 0 radical (unpaired) electrons. The van der Waals surface area contributed by atoms with E-state index in [0.29, 0.717) is 16.3 Å². The van der Waals surface area contributed by atoms with Gasteiger partial charge in [0, 0.05) is 29.5 Å². The third-order valence-electron chi connectivity index (χ3n) is 6.86. The van der Waals surface area contributed by atoms with E-state index in [4.69, 9.17) is 5.73 Å². The number of halogens is 5. The zero-order valence-corrected chi connectivity index (χ0v) is 20.9. The largest absolute Gasteiger partial charge is 0.416 e. The average Bonchev–Trinajstić information content (AvgIpc) is 3.33. The quantitative estimate of drug-likeness (QED) is 0.232. The molecule has 196 valence electrons. The Morgan fingerprint density at radius 2 is 1.79 bits per heavy atom. The van der Waals surface area contributed by atoms with Gasteiger partial charge in [0.25, 0.3) is 5.56 Å². The molecule has 0 saturated carbocycles. The summed E-state index contributed by atoms with van der Waals surface area (Å²) in [6.45, 7) is 1.54. The first kappa shape index (κ1) is 26.1. The fraction of sp³-hybridized carbons (Fsp3) is 0.214. The number of pyridine rings is 2. The molecule has 38 heavy (non-hydrogen) atoms. The molecule has 0 aliphatic carbocycles. The summed E-state index contributed by atoms with van der Waals surface area (Å²) in [6.07, 6.45) is -4.00. The van der Waals surface area contributed by atoms with Crippen molar-refractivity contribution in [2.24, 2.45) is 5.73 Å². The van der Waals surface area contributed by atoms with E-state index >= 15 is 0 Å². The van der Waals surface area contributed by atoms with Gasteiger partial charge in [0.1, 0.15) is 5.82 Å². The SMILES string of the molecule is Cc1c(Cc2c(F)cccc2C(F)(F)F)c2n(c(=O)c1-c1cccnc1F)[C@@H](C(N)c1ccccc1)CS2. The Labute approximate surface area is 219 Å². The second kappa shape index (κ2) is 9.99. The van der Waals surface area contributed by atoms with Crippen molar-refractivity contribution in [3.63, 3.8) is 0 Å². The molecule has 4 nitrogen and oxygen atoms in total. The van der Waals surface area contributed by atoms with E-state index in [1.807, 2.05) is 30.3 Å². The predicted molar refractivity (Wildman–Crippen MR) is 136 cm³/mol. The third-order valence-corrected chi connectivity index (χ3v) is 8.09. The highest BCUT2D eigenvalue weighted by Gasteiger charge is 2.38. The Kier molecular flexibility index (Phi) is 6.87. The van der Waals surface area contributed by atoms with Gasteiger partial charge in [-0.15, -0.1) is 11.8 Å². The van der Waals surface area contributed by atoms with Gasteiger partial charge < -0.3 is 5.73 Å². The second-order valence-electron chi connectivity index (χ2n) is 9.06. The molecule has 0 bridgehead atoms. The standard InChI is InChI=1S/C28H22F5N3OS/c1-15-18(13-19-20(28(31,32)33)10-5-11-21(19)29)27-36(26(37)23(15)17-9-6-12-35-25(17)30)22(14-38-27)24(34)16-7-3-2-4-8-16/h2-12,22,24H,13-14,34H2,1H3/t22-,24?/m1/s1. The van der Waals surface area contributed by atoms with E-state index in [9.17, 15) is 26.7 Å². The average molecular weight is 544 g/mol. The van der Waals surface area contributed by atoms with Crippen LogP contribution in [0.3, 0.4) is 0 Å². The van der Waals surface area contributed by atoms with Gasteiger partial charge in [-0.1, -0.05) is 36.4 Å². The highest BCUT2D eigenvalue weighted by Crippen LogP contribution is 2.44. The number of alkyl halides is 3. The molecule has 0 fully saturated rings. The molecule has 2 aromatic heterocycles. The second-order valence-corrected chi connectivity index (χ2v) is 10.1. The Morgan fingerprint density at radius 3 is 2.47 bits per heavy atom. The summed E-state index contributed by atoms with van der Waals surface area (Å²) in [5.41, 5.74) is 5.64. The van der Waals surface area contributed by atoms with Gasteiger partial charge in [0.2, 0.25) is 5.95 Å². The maximum atomic E-state index is 14.9. The Balaban J connectivity index is 1.77.